The summed E-state index contributed by atoms with van der Waals surface area (Å²) in [4.78, 5) is 26.1. The third kappa shape index (κ3) is 2.24. The molecule has 86 valence electrons. The standard InChI is InChI=1S/C11H14N2O2S/c1-8-11(15)12-4-5-13(8)10(14)7-9-3-2-6-16-9/h2-3,6,8H,4-5,7H2,1H3,(H,12,15). The Balaban J connectivity index is 2.01. The number of amides is 2. The van der Waals surface area contributed by atoms with Crippen LogP contribution in [-0.4, -0.2) is 35.8 Å². The van der Waals surface area contributed by atoms with Gasteiger partial charge in [-0.05, 0) is 18.4 Å². The molecule has 1 aromatic heterocycles. The van der Waals surface area contributed by atoms with Crippen molar-refractivity contribution >= 4 is 23.2 Å². The summed E-state index contributed by atoms with van der Waals surface area (Å²) in [7, 11) is 0. The highest BCUT2D eigenvalue weighted by molar-refractivity contribution is 7.10. The monoisotopic (exact) mass is 238 g/mol. The molecule has 1 fully saturated rings. The largest absolute Gasteiger partial charge is 0.353 e. The van der Waals surface area contributed by atoms with E-state index in [1.165, 1.54) is 0 Å². The predicted octanol–water partition coefficient (Wildman–Crippen LogP) is 0.637. The predicted molar refractivity (Wildman–Crippen MR) is 62.2 cm³/mol. The van der Waals surface area contributed by atoms with Gasteiger partial charge in [0.1, 0.15) is 6.04 Å². The van der Waals surface area contributed by atoms with Crippen LogP contribution in [0.4, 0.5) is 0 Å². The van der Waals surface area contributed by atoms with E-state index in [2.05, 4.69) is 5.32 Å². The lowest BCUT2D eigenvalue weighted by Crippen LogP contribution is -2.56. The van der Waals surface area contributed by atoms with Gasteiger partial charge in [-0.1, -0.05) is 6.07 Å². The van der Waals surface area contributed by atoms with E-state index in [0.29, 0.717) is 19.5 Å². The molecule has 16 heavy (non-hydrogen) atoms. The normalized spacial score (nSPS) is 20.7. The number of piperazine rings is 1. The quantitative estimate of drug-likeness (QED) is 0.822. The second-order valence-corrected chi connectivity index (χ2v) is 4.84. The van der Waals surface area contributed by atoms with E-state index in [0.717, 1.165) is 4.88 Å². The maximum atomic E-state index is 12.0. The summed E-state index contributed by atoms with van der Waals surface area (Å²) >= 11 is 1.57. The van der Waals surface area contributed by atoms with Crippen LogP contribution in [0.3, 0.4) is 0 Å². The van der Waals surface area contributed by atoms with Gasteiger partial charge < -0.3 is 10.2 Å². The van der Waals surface area contributed by atoms with Gasteiger partial charge in [-0.25, -0.2) is 0 Å². The smallest absolute Gasteiger partial charge is 0.242 e. The zero-order valence-corrected chi connectivity index (χ0v) is 9.92. The third-order valence-corrected chi connectivity index (χ3v) is 3.60. The average Bonchev–Trinajstić information content (AvgIpc) is 2.74. The van der Waals surface area contributed by atoms with Gasteiger partial charge in [-0.15, -0.1) is 11.3 Å². The second kappa shape index (κ2) is 4.65. The van der Waals surface area contributed by atoms with Crippen LogP contribution in [0.15, 0.2) is 17.5 Å². The molecule has 0 aliphatic carbocycles. The Hall–Kier alpha value is -1.36. The van der Waals surface area contributed by atoms with E-state index in [1.807, 2.05) is 17.5 Å². The first kappa shape index (κ1) is 11.1. The molecule has 0 spiro atoms. The lowest BCUT2D eigenvalue weighted by Gasteiger charge is -2.32. The van der Waals surface area contributed by atoms with Crippen molar-refractivity contribution in [1.82, 2.24) is 10.2 Å². The minimum absolute atomic E-state index is 0.0322. The summed E-state index contributed by atoms with van der Waals surface area (Å²) < 4.78 is 0. The van der Waals surface area contributed by atoms with E-state index in [1.54, 1.807) is 23.2 Å². The molecule has 1 saturated heterocycles. The minimum Gasteiger partial charge on any atom is -0.353 e. The van der Waals surface area contributed by atoms with Crippen LogP contribution < -0.4 is 5.32 Å². The molecular formula is C11H14N2O2S. The maximum Gasteiger partial charge on any atom is 0.242 e. The fourth-order valence-electron chi connectivity index (χ4n) is 1.79. The van der Waals surface area contributed by atoms with E-state index >= 15 is 0 Å². The fourth-order valence-corrected chi connectivity index (χ4v) is 2.48. The Morgan fingerprint density at radius 2 is 2.50 bits per heavy atom. The second-order valence-electron chi connectivity index (χ2n) is 3.81. The Kier molecular flexibility index (Phi) is 3.24. The first-order valence-corrected chi connectivity index (χ1v) is 6.16. The fraction of sp³-hybridized carbons (Fsp3) is 0.455. The Morgan fingerprint density at radius 3 is 3.19 bits per heavy atom. The number of carbonyl (C=O) groups is 2. The molecule has 0 saturated carbocycles. The molecular weight excluding hydrogens is 224 g/mol. The van der Waals surface area contributed by atoms with Crippen LogP contribution in [0.25, 0.3) is 0 Å². The van der Waals surface area contributed by atoms with Gasteiger partial charge in [0, 0.05) is 18.0 Å². The van der Waals surface area contributed by atoms with Gasteiger partial charge in [0.15, 0.2) is 0 Å². The van der Waals surface area contributed by atoms with Gasteiger partial charge in [-0.2, -0.15) is 0 Å². The molecule has 4 nitrogen and oxygen atoms in total. The molecule has 1 N–H and O–H groups in total. The van der Waals surface area contributed by atoms with Crippen LogP contribution in [0.1, 0.15) is 11.8 Å². The van der Waals surface area contributed by atoms with Crippen LogP contribution in [-0.2, 0) is 16.0 Å². The number of nitrogens with one attached hydrogen (secondary N) is 1. The Bertz CT molecular complexity index is 389. The zero-order valence-electron chi connectivity index (χ0n) is 9.10. The molecule has 0 radical (unpaired) electrons. The van der Waals surface area contributed by atoms with Crippen LogP contribution >= 0.6 is 11.3 Å². The van der Waals surface area contributed by atoms with Gasteiger partial charge in [0.2, 0.25) is 11.8 Å². The summed E-state index contributed by atoms with van der Waals surface area (Å²) in [6.07, 6.45) is 0.398. The van der Waals surface area contributed by atoms with Crippen LogP contribution in [0.5, 0.6) is 0 Å². The van der Waals surface area contributed by atoms with Crippen molar-refractivity contribution in [3.05, 3.63) is 22.4 Å². The number of hydrogen-bond acceptors (Lipinski definition) is 3. The van der Waals surface area contributed by atoms with Crippen molar-refractivity contribution in [2.24, 2.45) is 0 Å². The number of thiophene rings is 1. The van der Waals surface area contributed by atoms with Crippen LogP contribution in [0.2, 0.25) is 0 Å². The number of carbonyl (C=O) groups excluding carboxylic acids is 2. The lowest BCUT2D eigenvalue weighted by molar-refractivity contribution is -0.141. The number of nitrogens with zero attached hydrogens (tertiary/aromatic N) is 1. The maximum absolute atomic E-state index is 12.0. The highest BCUT2D eigenvalue weighted by Crippen LogP contribution is 2.13. The van der Waals surface area contributed by atoms with Gasteiger partial charge in [0.05, 0.1) is 6.42 Å². The molecule has 0 bridgehead atoms. The summed E-state index contributed by atoms with van der Waals surface area (Å²) in [6.45, 7) is 2.93. The van der Waals surface area contributed by atoms with Gasteiger partial charge in [0.25, 0.3) is 0 Å². The molecule has 2 heterocycles. The van der Waals surface area contributed by atoms with Gasteiger partial charge >= 0.3 is 0 Å². The molecule has 1 unspecified atom stereocenters. The topological polar surface area (TPSA) is 49.4 Å². The summed E-state index contributed by atoms with van der Waals surface area (Å²) in [6, 6.07) is 3.53. The average molecular weight is 238 g/mol. The third-order valence-electron chi connectivity index (χ3n) is 2.72. The van der Waals surface area contributed by atoms with Crippen molar-refractivity contribution in [3.8, 4) is 0 Å². The van der Waals surface area contributed by atoms with E-state index in [4.69, 9.17) is 0 Å². The zero-order chi connectivity index (χ0) is 11.5. The minimum atomic E-state index is -0.346. The van der Waals surface area contributed by atoms with Crippen molar-refractivity contribution in [1.29, 1.82) is 0 Å². The summed E-state index contributed by atoms with van der Waals surface area (Å²) in [5, 5.41) is 4.70. The van der Waals surface area contributed by atoms with Crippen molar-refractivity contribution in [2.75, 3.05) is 13.1 Å². The first-order chi connectivity index (χ1) is 7.68. The summed E-state index contributed by atoms with van der Waals surface area (Å²) in [5.41, 5.74) is 0. The molecule has 5 heteroatoms. The molecule has 1 atom stereocenters. The van der Waals surface area contributed by atoms with E-state index < -0.39 is 0 Å². The van der Waals surface area contributed by atoms with E-state index in [-0.39, 0.29) is 17.9 Å². The molecule has 0 aromatic carbocycles. The number of rotatable bonds is 2. The highest BCUT2D eigenvalue weighted by Gasteiger charge is 2.28. The van der Waals surface area contributed by atoms with Crippen molar-refractivity contribution in [2.45, 2.75) is 19.4 Å². The molecule has 1 aromatic rings. The highest BCUT2D eigenvalue weighted by atomic mass is 32.1. The Labute approximate surface area is 98.3 Å². The van der Waals surface area contributed by atoms with Crippen molar-refractivity contribution < 1.29 is 9.59 Å². The Morgan fingerprint density at radius 1 is 1.69 bits per heavy atom. The van der Waals surface area contributed by atoms with Crippen molar-refractivity contribution in [3.63, 3.8) is 0 Å². The number of hydrogen-bond donors (Lipinski definition) is 1. The first-order valence-electron chi connectivity index (χ1n) is 5.28. The molecule has 1 aliphatic heterocycles. The van der Waals surface area contributed by atoms with Crippen LogP contribution in [0, 0.1) is 0 Å². The SMILES string of the molecule is CC1C(=O)NCCN1C(=O)Cc1cccs1. The molecule has 1 aliphatic rings. The molecule has 2 amide bonds. The van der Waals surface area contributed by atoms with Gasteiger partial charge in [-0.3, -0.25) is 9.59 Å². The lowest BCUT2D eigenvalue weighted by atomic mass is 10.2. The molecule has 2 rings (SSSR count). The van der Waals surface area contributed by atoms with E-state index in [9.17, 15) is 9.59 Å². The summed E-state index contributed by atoms with van der Waals surface area (Å²) in [5.74, 6) is -0.0319.